The molecular weight excluding hydrogens is 367 g/mol. The van der Waals surface area contributed by atoms with Gasteiger partial charge in [-0.05, 0) is 47.7 Å². The number of aromatic nitrogens is 2. The Morgan fingerprint density at radius 1 is 1.00 bits per heavy atom. The van der Waals surface area contributed by atoms with Gasteiger partial charge in [0.15, 0.2) is 5.82 Å². The van der Waals surface area contributed by atoms with Gasteiger partial charge >= 0.3 is 0 Å². The fourth-order valence-electron chi connectivity index (χ4n) is 3.61. The van der Waals surface area contributed by atoms with Gasteiger partial charge in [0.2, 0.25) is 0 Å². The monoisotopic (exact) mass is 390 g/mol. The minimum absolute atomic E-state index is 0.138. The Hall–Kier alpha value is -3.09. The first-order chi connectivity index (χ1) is 14.2. The lowest BCUT2D eigenvalue weighted by Gasteiger charge is -2.11. The van der Waals surface area contributed by atoms with Crippen LogP contribution in [0.1, 0.15) is 16.7 Å². The second-order valence-corrected chi connectivity index (χ2v) is 7.07. The Bertz CT molecular complexity index is 1150. The van der Waals surface area contributed by atoms with Crippen LogP contribution in [0, 0.1) is 5.82 Å². The SMILES string of the molecule is Nc1nc2cc(F)ccc2c2c(CCc3ccc(CNCCO)cc3)ccnc12. The van der Waals surface area contributed by atoms with Gasteiger partial charge in [-0.2, -0.15) is 0 Å². The zero-order chi connectivity index (χ0) is 20.2. The van der Waals surface area contributed by atoms with Crippen molar-refractivity contribution in [1.29, 1.82) is 0 Å². The predicted molar refractivity (Wildman–Crippen MR) is 114 cm³/mol. The van der Waals surface area contributed by atoms with Gasteiger partial charge in [0, 0.05) is 36.1 Å². The largest absolute Gasteiger partial charge is 0.395 e. The molecule has 0 bridgehead atoms. The number of fused-ring (bicyclic) bond motifs is 3. The van der Waals surface area contributed by atoms with Crippen LogP contribution in [0.4, 0.5) is 10.2 Å². The molecule has 0 spiro atoms. The van der Waals surface area contributed by atoms with Gasteiger partial charge in [-0.15, -0.1) is 0 Å². The molecule has 29 heavy (non-hydrogen) atoms. The summed E-state index contributed by atoms with van der Waals surface area (Å²) < 4.78 is 13.7. The van der Waals surface area contributed by atoms with Crippen molar-refractivity contribution < 1.29 is 9.50 Å². The number of hydrogen-bond donors (Lipinski definition) is 3. The maximum absolute atomic E-state index is 13.7. The van der Waals surface area contributed by atoms with E-state index in [1.54, 1.807) is 12.3 Å². The highest BCUT2D eigenvalue weighted by Crippen LogP contribution is 2.30. The summed E-state index contributed by atoms with van der Waals surface area (Å²) in [5.74, 6) is -0.0116. The second kappa shape index (κ2) is 8.51. The van der Waals surface area contributed by atoms with E-state index in [1.165, 1.54) is 23.3 Å². The van der Waals surface area contributed by atoms with Crippen LogP contribution in [0.2, 0.25) is 0 Å². The highest BCUT2D eigenvalue weighted by molar-refractivity contribution is 6.09. The highest BCUT2D eigenvalue weighted by Gasteiger charge is 2.12. The summed E-state index contributed by atoms with van der Waals surface area (Å²) in [6.07, 6.45) is 3.44. The first kappa shape index (κ1) is 19.2. The molecule has 0 saturated carbocycles. The summed E-state index contributed by atoms with van der Waals surface area (Å²) in [5.41, 5.74) is 10.8. The number of nitrogens with two attached hydrogens (primary N) is 1. The third-order valence-electron chi connectivity index (χ3n) is 5.07. The number of benzene rings is 2. The van der Waals surface area contributed by atoms with Gasteiger partial charge in [0.25, 0.3) is 0 Å². The Morgan fingerprint density at radius 2 is 1.79 bits per heavy atom. The number of aliphatic hydroxyl groups excluding tert-OH is 1. The third-order valence-corrected chi connectivity index (χ3v) is 5.07. The summed E-state index contributed by atoms with van der Waals surface area (Å²) in [6.45, 7) is 1.47. The number of halogens is 1. The lowest BCUT2D eigenvalue weighted by atomic mass is 9.98. The summed E-state index contributed by atoms with van der Waals surface area (Å²) in [5, 5.41) is 13.8. The van der Waals surface area contributed by atoms with Gasteiger partial charge in [-0.25, -0.2) is 9.37 Å². The third kappa shape index (κ3) is 4.18. The number of nitrogen functional groups attached to an aromatic ring is 1. The van der Waals surface area contributed by atoms with E-state index in [1.807, 2.05) is 6.07 Å². The van der Waals surface area contributed by atoms with Crippen LogP contribution >= 0.6 is 0 Å². The van der Waals surface area contributed by atoms with E-state index in [2.05, 4.69) is 39.6 Å². The molecule has 0 radical (unpaired) electrons. The highest BCUT2D eigenvalue weighted by atomic mass is 19.1. The number of anilines is 1. The molecule has 5 nitrogen and oxygen atoms in total. The molecule has 0 atom stereocenters. The number of aryl methyl sites for hydroxylation is 2. The van der Waals surface area contributed by atoms with Crippen LogP contribution in [0.3, 0.4) is 0 Å². The van der Waals surface area contributed by atoms with Crippen molar-refractivity contribution in [3.8, 4) is 0 Å². The lowest BCUT2D eigenvalue weighted by molar-refractivity contribution is 0.292. The minimum atomic E-state index is -0.331. The Kier molecular flexibility index (Phi) is 5.64. The maximum Gasteiger partial charge on any atom is 0.150 e. The van der Waals surface area contributed by atoms with E-state index >= 15 is 0 Å². The first-order valence-electron chi connectivity index (χ1n) is 9.67. The van der Waals surface area contributed by atoms with Gasteiger partial charge in [0.1, 0.15) is 11.3 Å². The van der Waals surface area contributed by atoms with Crippen LogP contribution in [0.15, 0.2) is 54.7 Å². The van der Waals surface area contributed by atoms with Crippen LogP contribution in [0.25, 0.3) is 21.8 Å². The summed E-state index contributed by atoms with van der Waals surface area (Å²) >= 11 is 0. The number of nitrogens with zero attached hydrogens (tertiary/aromatic N) is 2. The topological polar surface area (TPSA) is 84.1 Å². The lowest BCUT2D eigenvalue weighted by Crippen LogP contribution is -2.17. The molecule has 4 N–H and O–H groups in total. The Morgan fingerprint density at radius 3 is 2.59 bits per heavy atom. The van der Waals surface area contributed by atoms with E-state index in [-0.39, 0.29) is 12.4 Å². The molecule has 2 aromatic carbocycles. The fourth-order valence-corrected chi connectivity index (χ4v) is 3.61. The standard InChI is InChI=1S/C23H23FN4O/c24-18-7-8-19-20(13-18)28-23(25)22-21(19)17(9-10-27-22)6-5-15-1-3-16(4-2-15)14-26-11-12-29/h1-4,7-10,13,26,29H,5-6,11-12,14H2,(H2,25,28). The van der Waals surface area contributed by atoms with E-state index in [9.17, 15) is 4.39 Å². The van der Waals surface area contributed by atoms with Crippen molar-refractivity contribution in [3.63, 3.8) is 0 Å². The zero-order valence-corrected chi connectivity index (χ0v) is 16.0. The molecule has 0 aliphatic heterocycles. The zero-order valence-electron chi connectivity index (χ0n) is 16.0. The predicted octanol–water partition coefficient (Wildman–Crippen LogP) is 3.37. The van der Waals surface area contributed by atoms with Crippen LogP contribution < -0.4 is 11.1 Å². The summed E-state index contributed by atoms with van der Waals surface area (Å²) in [4.78, 5) is 8.73. The van der Waals surface area contributed by atoms with Gasteiger partial charge in [-0.1, -0.05) is 24.3 Å². The van der Waals surface area contributed by atoms with Crippen molar-refractivity contribution >= 4 is 27.6 Å². The van der Waals surface area contributed by atoms with Gasteiger partial charge in [0.05, 0.1) is 12.1 Å². The molecule has 2 aromatic heterocycles. The fraction of sp³-hybridized carbons (Fsp3) is 0.217. The van der Waals surface area contributed by atoms with E-state index < -0.39 is 0 Å². The molecule has 0 unspecified atom stereocenters. The van der Waals surface area contributed by atoms with E-state index in [4.69, 9.17) is 10.8 Å². The van der Waals surface area contributed by atoms with E-state index in [0.717, 1.165) is 35.7 Å². The average molecular weight is 390 g/mol. The molecule has 2 heterocycles. The molecule has 0 amide bonds. The molecule has 0 saturated heterocycles. The quantitative estimate of drug-likeness (QED) is 0.333. The molecule has 4 rings (SSSR count). The first-order valence-corrected chi connectivity index (χ1v) is 9.67. The Balaban J connectivity index is 1.60. The average Bonchev–Trinajstić information content (AvgIpc) is 2.73. The molecule has 0 fully saturated rings. The van der Waals surface area contributed by atoms with Crippen molar-refractivity contribution in [2.75, 3.05) is 18.9 Å². The van der Waals surface area contributed by atoms with Crippen LogP contribution in [0.5, 0.6) is 0 Å². The molecule has 0 aliphatic carbocycles. The molecule has 0 aliphatic rings. The summed E-state index contributed by atoms with van der Waals surface area (Å²) in [7, 11) is 0. The number of nitrogens with one attached hydrogen (secondary N) is 1. The van der Waals surface area contributed by atoms with E-state index in [0.29, 0.717) is 23.4 Å². The van der Waals surface area contributed by atoms with Crippen molar-refractivity contribution in [1.82, 2.24) is 15.3 Å². The summed E-state index contributed by atoms with van der Waals surface area (Å²) in [6, 6.07) is 15.1. The van der Waals surface area contributed by atoms with Gasteiger partial charge in [-0.3, -0.25) is 4.98 Å². The number of pyridine rings is 2. The minimum Gasteiger partial charge on any atom is -0.395 e. The Labute approximate surface area is 168 Å². The molecular formula is C23H23FN4O. The maximum atomic E-state index is 13.7. The van der Waals surface area contributed by atoms with Crippen molar-refractivity contribution in [3.05, 3.63) is 77.2 Å². The van der Waals surface area contributed by atoms with Crippen LogP contribution in [-0.2, 0) is 19.4 Å². The van der Waals surface area contributed by atoms with Crippen molar-refractivity contribution in [2.45, 2.75) is 19.4 Å². The van der Waals surface area contributed by atoms with Crippen molar-refractivity contribution in [2.24, 2.45) is 0 Å². The number of aliphatic hydroxyl groups is 1. The molecule has 4 aromatic rings. The molecule has 148 valence electrons. The normalized spacial score (nSPS) is 11.4. The van der Waals surface area contributed by atoms with Crippen LogP contribution in [-0.4, -0.2) is 28.2 Å². The molecule has 6 heteroatoms. The smallest absolute Gasteiger partial charge is 0.150 e. The van der Waals surface area contributed by atoms with Gasteiger partial charge < -0.3 is 16.2 Å². The second-order valence-electron chi connectivity index (χ2n) is 7.07. The number of hydrogen-bond acceptors (Lipinski definition) is 5. The number of rotatable bonds is 7.